The highest BCUT2D eigenvalue weighted by Crippen LogP contribution is 2.29. The molecule has 0 radical (unpaired) electrons. The Bertz CT molecular complexity index is 1100. The van der Waals surface area contributed by atoms with Crippen molar-refractivity contribution in [3.8, 4) is 11.5 Å². The Labute approximate surface area is 155 Å². The largest absolute Gasteiger partial charge is 0.463 e. The maximum atomic E-state index is 13.5. The molecule has 3 heterocycles. The fourth-order valence-corrected chi connectivity index (χ4v) is 3.00. The summed E-state index contributed by atoms with van der Waals surface area (Å²) in [5.41, 5.74) is 2.66. The molecule has 0 aliphatic rings. The number of benzene rings is 1. The lowest BCUT2D eigenvalue weighted by Gasteiger charge is -2.21. The summed E-state index contributed by atoms with van der Waals surface area (Å²) in [5, 5.41) is 4.58. The van der Waals surface area contributed by atoms with Gasteiger partial charge in [-0.1, -0.05) is 29.4 Å². The van der Waals surface area contributed by atoms with Gasteiger partial charge in [-0.2, -0.15) is 0 Å². The summed E-state index contributed by atoms with van der Waals surface area (Å²) in [5.74, 6) is 0.364. The summed E-state index contributed by atoms with van der Waals surface area (Å²) in [6.45, 7) is 5.94. The Balaban J connectivity index is 1.89. The van der Waals surface area contributed by atoms with E-state index in [0.29, 0.717) is 40.4 Å². The number of fused-ring (bicyclic) bond motifs is 1. The molecule has 0 fully saturated rings. The van der Waals surface area contributed by atoms with Crippen LogP contribution in [0, 0.1) is 6.92 Å². The minimum Gasteiger partial charge on any atom is -0.463 e. The highest BCUT2D eigenvalue weighted by atomic mass is 16.5. The maximum Gasteiger partial charge on any atom is 0.259 e. The Morgan fingerprint density at radius 2 is 2.04 bits per heavy atom. The molecule has 6 nitrogen and oxygen atoms in total. The predicted octanol–water partition coefficient (Wildman–Crippen LogP) is 4.62. The second kappa shape index (κ2) is 6.92. The normalized spacial score (nSPS) is 10.9. The van der Waals surface area contributed by atoms with Gasteiger partial charge in [-0.15, -0.1) is 6.58 Å². The zero-order chi connectivity index (χ0) is 18.8. The van der Waals surface area contributed by atoms with Crippen molar-refractivity contribution >= 4 is 22.7 Å². The fourth-order valence-electron chi connectivity index (χ4n) is 3.00. The van der Waals surface area contributed by atoms with Crippen molar-refractivity contribution in [3.05, 3.63) is 78.7 Å². The van der Waals surface area contributed by atoms with Gasteiger partial charge in [0, 0.05) is 12.2 Å². The van der Waals surface area contributed by atoms with E-state index < -0.39 is 0 Å². The van der Waals surface area contributed by atoms with Crippen LogP contribution in [-0.4, -0.2) is 22.6 Å². The first kappa shape index (κ1) is 16.8. The quantitative estimate of drug-likeness (QED) is 0.486. The first-order valence-electron chi connectivity index (χ1n) is 8.47. The molecule has 0 bridgehead atoms. The summed E-state index contributed by atoms with van der Waals surface area (Å²) < 4.78 is 10.8. The molecular weight excluding hydrogens is 342 g/mol. The fraction of sp³-hybridized carbons (Fsp3) is 0.0952. The van der Waals surface area contributed by atoms with E-state index in [1.807, 2.05) is 30.3 Å². The molecule has 27 heavy (non-hydrogen) atoms. The average Bonchev–Trinajstić information content (AvgIpc) is 3.36. The second-order valence-corrected chi connectivity index (χ2v) is 6.02. The SMILES string of the molecule is C=CCN(C(=O)c1cc(-c2ccco2)nc2onc(C)c12)c1ccccc1. The smallest absolute Gasteiger partial charge is 0.259 e. The van der Waals surface area contributed by atoms with Gasteiger partial charge in [-0.05, 0) is 37.3 Å². The van der Waals surface area contributed by atoms with Crippen LogP contribution in [0.2, 0.25) is 0 Å². The van der Waals surface area contributed by atoms with Crippen molar-refractivity contribution in [1.29, 1.82) is 0 Å². The third-order valence-corrected chi connectivity index (χ3v) is 4.25. The van der Waals surface area contributed by atoms with E-state index in [1.54, 1.807) is 42.4 Å². The molecule has 3 aromatic heterocycles. The van der Waals surface area contributed by atoms with E-state index in [2.05, 4.69) is 16.7 Å². The summed E-state index contributed by atoms with van der Waals surface area (Å²) in [6, 6.07) is 14.7. The summed E-state index contributed by atoms with van der Waals surface area (Å²) in [7, 11) is 0. The van der Waals surface area contributed by atoms with Crippen LogP contribution >= 0.6 is 0 Å². The molecule has 0 aliphatic carbocycles. The highest BCUT2D eigenvalue weighted by molar-refractivity contribution is 6.14. The number of aromatic nitrogens is 2. The molecule has 4 aromatic rings. The Morgan fingerprint density at radius 3 is 2.74 bits per heavy atom. The number of rotatable bonds is 5. The van der Waals surface area contributed by atoms with Crippen molar-refractivity contribution in [1.82, 2.24) is 10.1 Å². The lowest BCUT2D eigenvalue weighted by Crippen LogP contribution is -2.31. The lowest BCUT2D eigenvalue weighted by atomic mass is 10.1. The zero-order valence-electron chi connectivity index (χ0n) is 14.8. The number of pyridine rings is 1. The van der Waals surface area contributed by atoms with Crippen molar-refractivity contribution in [3.63, 3.8) is 0 Å². The molecule has 6 heteroatoms. The number of amides is 1. The number of nitrogens with zero attached hydrogens (tertiary/aromatic N) is 3. The third-order valence-electron chi connectivity index (χ3n) is 4.25. The van der Waals surface area contributed by atoms with Crippen molar-refractivity contribution in [2.24, 2.45) is 0 Å². The van der Waals surface area contributed by atoms with Gasteiger partial charge in [-0.3, -0.25) is 4.79 Å². The lowest BCUT2D eigenvalue weighted by molar-refractivity contribution is 0.0991. The number of anilines is 1. The first-order valence-corrected chi connectivity index (χ1v) is 8.47. The monoisotopic (exact) mass is 359 g/mol. The van der Waals surface area contributed by atoms with Crippen LogP contribution in [0.1, 0.15) is 16.1 Å². The average molecular weight is 359 g/mol. The van der Waals surface area contributed by atoms with Crippen LogP contribution in [0.3, 0.4) is 0 Å². The summed E-state index contributed by atoms with van der Waals surface area (Å²) in [4.78, 5) is 19.6. The second-order valence-electron chi connectivity index (χ2n) is 6.02. The van der Waals surface area contributed by atoms with Crippen LogP contribution in [0.5, 0.6) is 0 Å². The molecule has 0 unspecified atom stereocenters. The van der Waals surface area contributed by atoms with Crippen molar-refractivity contribution < 1.29 is 13.7 Å². The van der Waals surface area contributed by atoms with Crippen LogP contribution in [-0.2, 0) is 0 Å². The number of carbonyl (C=O) groups is 1. The number of hydrogen-bond donors (Lipinski definition) is 0. The maximum absolute atomic E-state index is 13.5. The van der Waals surface area contributed by atoms with Gasteiger partial charge in [0.25, 0.3) is 11.6 Å². The van der Waals surface area contributed by atoms with Gasteiger partial charge < -0.3 is 13.8 Å². The number of furan rings is 1. The van der Waals surface area contributed by atoms with Crippen molar-refractivity contribution in [2.45, 2.75) is 6.92 Å². The molecule has 0 saturated carbocycles. The van der Waals surface area contributed by atoms with Crippen LogP contribution in [0.4, 0.5) is 5.69 Å². The Hall–Kier alpha value is -3.67. The van der Waals surface area contributed by atoms with E-state index in [-0.39, 0.29) is 5.91 Å². The van der Waals surface area contributed by atoms with E-state index in [0.717, 1.165) is 5.69 Å². The number of hydrogen-bond acceptors (Lipinski definition) is 5. The molecule has 4 rings (SSSR count). The molecule has 0 aliphatic heterocycles. The number of aryl methyl sites for hydroxylation is 1. The molecule has 0 spiro atoms. The first-order chi connectivity index (χ1) is 13.2. The Morgan fingerprint density at radius 1 is 1.22 bits per heavy atom. The topological polar surface area (TPSA) is 72.4 Å². The van der Waals surface area contributed by atoms with Crippen LogP contribution in [0.15, 0.2) is 76.4 Å². The van der Waals surface area contributed by atoms with Gasteiger partial charge in [0.1, 0.15) is 5.69 Å². The number of para-hydroxylation sites is 1. The molecule has 1 amide bonds. The Kier molecular flexibility index (Phi) is 4.30. The summed E-state index contributed by atoms with van der Waals surface area (Å²) >= 11 is 0. The van der Waals surface area contributed by atoms with Gasteiger partial charge >= 0.3 is 0 Å². The van der Waals surface area contributed by atoms with Gasteiger partial charge in [0.2, 0.25) is 0 Å². The molecule has 0 saturated heterocycles. The zero-order valence-corrected chi connectivity index (χ0v) is 14.8. The third kappa shape index (κ3) is 3.01. The van der Waals surface area contributed by atoms with Crippen molar-refractivity contribution in [2.75, 3.05) is 11.4 Å². The predicted molar refractivity (Wildman–Crippen MR) is 103 cm³/mol. The van der Waals surface area contributed by atoms with Crippen LogP contribution < -0.4 is 4.90 Å². The molecule has 0 N–H and O–H groups in total. The minimum absolute atomic E-state index is 0.187. The van der Waals surface area contributed by atoms with E-state index in [4.69, 9.17) is 8.94 Å². The molecule has 1 aromatic carbocycles. The van der Waals surface area contributed by atoms with E-state index >= 15 is 0 Å². The van der Waals surface area contributed by atoms with Gasteiger partial charge in [0.05, 0.1) is 22.9 Å². The van der Waals surface area contributed by atoms with E-state index in [9.17, 15) is 4.79 Å². The van der Waals surface area contributed by atoms with Gasteiger partial charge in [0.15, 0.2) is 5.76 Å². The van der Waals surface area contributed by atoms with Gasteiger partial charge in [-0.25, -0.2) is 4.98 Å². The minimum atomic E-state index is -0.187. The van der Waals surface area contributed by atoms with E-state index in [1.165, 1.54) is 0 Å². The van der Waals surface area contributed by atoms with Crippen LogP contribution in [0.25, 0.3) is 22.6 Å². The molecule has 134 valence electrons. The molecule has 0 atom stereocenters. The number of carbonyl (C=O) groups excluding carboxylic acids is 1. The standard InChI is InChI=1S/C21H17N3O3/c1-3-11-24(15-8-5-4-6-9-15)21(25)16-13-17(18-10-7-12-26-18)22-20-19(16)14(2)23-27-20/h3-10,12-13H,1,11H2,2H3. The highest BCUT2D eigenvalue weighted by Gasteiger charge is 2.24. The summed E-state index contributed by atoms with van der Waals surface area (Å²) in [6.07, 6.45) is 3.25. The molecular formula is C21H17N3O3.